The van der Waals surface area contributed by atoms with E-state index in [1.807, 2.05) is 0 Å². The van der Waals surface area contributed by atoms with Crippen molar-refractivity contribution in [3.63, 3.8) is 0 Å². The standard InChI is InChI=1S/C12H14F3N3O2/c1-8-16-4-2-10(17-8)20-9-3-5-18(7-9)11(19)6-12(13,14)15/h2,4,9H,3,5-7H2,1H3/t9-/m0/s1. The maximum Gasteiger partial charge on any atom is 0.397 e. The van der Waals surface area contributed by atoms with Gasteiger partial charge in [0.25, 0.3) is 0 Å². The largest absolute Gasteiger partial charge is 0.472 e. The van der Waals surface area contributed by atoms with E-state index in [4.69, 9.17) is 4.74 Å². The molecule has 0 unspecified atom stereocenters. The number of hydrogen-bond donors (Lipinski definition) is 0. The molecule has 0 aromatic carbocycles. The quantitative estimate of drug-likeness (QED) is 0.850. The summed E-state index contributed by atoms with van der Waals surface area (Å²) in [5.41, 5.74) is 0. The molecule has 0 N–H and O–H groups in total. The minimum Gasteiger partial charge on any atom is -0.472 e. The second-order valence-corrected chi connectivity index (χ2v) is 4.60. The summed E-state index contributed by atoms with van der Waals surface area (Å²) in [5, 5.41) is 0. The molecule has 0 aliphatic carbocycles. The van der Waals surface area contributed by atoms with Gasteiger partial charge >= 0.3 is 6.18 Å². The summed E-state index contributed by atoms with van der Waals surface area (Å²) in [6.07, 6.45) is -4.20. The van der Waals surface area contributed by atoms with Gasteiger partial charge in [-0.15, -0.1) is 0 Å². The lowest BCUT2D eigenvalue weighted by Crippen LogP contribution is -2.34. The van der Waals surface area contributed by atoms with Crippen LogP contribution >= 0.6 is 0 Å². The summed E-state index contributed by atoms with van der Waals surface area (Å²) >= 11 is 0. The van der Waals surface area contributed by atoms with Crippen molar-refractivity contribution in [3.05, 3.63) is 18.1 Å². The lowest BCUT2D eigenvalue weighted by atomic mass is 10.3. The predicted octanol–water partition coefficient (Wildman–Crippen LogP) is 1.72. The first-order chi connectivity index (χ1) is 9.33. The molecule has 110 valence electrons. The number of carbonyl (C=O) groups is 1. The Morgan fingerprint density at radius 2 is 2.30 bits per heavy atom. The summed E-state index contributed by atoms with van der Waals surface area (Å²) < 4.78 is 42.0. The van der Waals surface area contributed by atoms with E-state index in [9.17, 15) is 18.0 Å². The number of hydrogen-bond acceptors (Lipinski definition) is 4. The van der Waals surface area contributed by atoms with Crippen LogP contribution in [0.3, 0.4) is 0 Å². The number of aromatic nitrogens is 2. The number of amides is 1. The number of alkyl halides is 3. The van der Waals surface area contributed by atoms with Gasteiger partial charge in [-0.05, 0) is 6.92 Å². The molecule has 1 aromatic heterocycles. The predicted molar refractivity (Wildman–Crippen MR) is 63.1 cm³/mol. The minimum absolute atomic E-state index is 0.151. The lowest BCUT2D eigenvalue weighted by Gasteiger charge is -2.17. The number of nitrogens with zero attached hydrogens (tertiary/aromatic N) is 3. The summed E-state index contributed by atoms with van der Waals surface area (Å²) in [7, 11) is 0. The first kappa shape index (κ1) is 14.5. The fraction of sp³-hybridized carbons (Fsp3) is 0.583. The Balaban J connectivity index is 1.88. The van der Waals surface area contributed by atoms with Gasteiger partial charge in [0.1, 0.15) is 18.3 Å². The zero-order valence-corrected chi connectivity index (χ0v) is 10.9. The van der Waals surface area contributed by atoms with Crippen molar-refractivity contribution < 1.29 is 22.7 Å². The molecule has 8 heteroatoms. The topological polar surface area (TPSA) is 55.3 Å². The van der Waals surface area contributed by atoms with Gasteiger partial charge in [-0.25, -0.2) is 4.98 Å². The summed E-state index contributed by atoms with van der Waals surface area (Å²) in [6.45, 7) is 2.13. The molecule has 1 aliphatic heterocycles. The normalized spacial score (nSPS) is 19.2. The molecule has 1 fully saturated rings. The van der Waals surface area contributed by atoms with Crippen LogP contribution < -0.4 is 4.74 Å². The van der Waals surface area contributed by atoms with E-state index in [1.54, 1.807) is 19.2 Å². The second-order valence-electron chi connectivity index (χ2n) is 4.60. The number of aryl methyl sites for hydroxylation is 1. The third-order valence-corrected chi connectivity index (χ3v) is 2.89. The van der Waals surface area contributed by atoms with Crippen LogP contribution in [-0.4, -0.2) is 46.1 Å². The minimum atomic E-state index is -4.47. The van der Waals surface area contributed by atoms with Crippen molar-refractivity contribution >= 4 is 5.91 Å². The highest BCUT2D eigenvalue weighted by Gasteiger charge is 2.36. The number of halogens is 3. The van der Waals surface area contributed by atoms with Gasteiger partial charge in [0.2, 0.25) is 11.8 Å². The molecule has 2 heterocycles. The summed E-state index contributed by atoms with van der Waals surface area (Å²) in [5.74, 6) is 0.000546. The Morgan fingerprint density at radius 1 is 1.55 bits per heavy atom. The van der Waals surface area contributed by atoms with Crippen molar-refractivity contribution in [1.82, 2.24) is 14.9 Å². The molecule has 0 saturated carbocycles. The summed E-state index contributed by atoms with van der Waals surface area (Å²) in [6, 6.07) is 1.58. The molecule has 0 bridgehead atoms. The maximum absolute atomic E-state index is 12.2. The van der Waals surface area contributed by atoms with Gasteiger partial charge in [-0.1, -0.05) is 0 Å². The molecule has 2 rings (SSSR count). The highest BCUT2D eigenvalue weighted by molar-refractivity contribution is 5.77. The fourth-order valence-electron chi connectivity index (χ4n) is 2.01. The molecular weight excluding hydrogens is 275 g/mol. The molecule has 0 radical (unpaired) electrons. The van der Waals surface area contributed by atoms with Gasteiger partial charge in [0.05, 0.1) is 6.54 Å². The second kappa shape index (κ2) is 5.64. The molecule has 0 spiro atoms. The van der Waals surface area contributed by atoms with Gasteiger partial charge in [0.15, 0.2) is 0 Å². The number of ether oxygens (including phenoxy) is 1. The lowest BCUT2D eigenvalue weighted by molar-refractivity contribution is -0.160. The van der Waals surface area contributed by atoms with Gasteiger partial charge < -0.3 is 9.64 Å². The number of carbonyl (C=O) groups excluding carboxylic acids is 1. The van der Waals surface area contributed by atoms with Gasteiger partial charge in [0, 0.05) is 25.2 Å². The summed E-state index contributed by atoms with van der Waals surface area (Å²) in [4.78, 5) is 20.6. The SMILES string of the molecule is Cc1nccc(O[C@H]2CCN(C(=O)CC(F)(F)F)C2)n1. The third-order valence-electron chi connectivity index (χ3n) is 2.89. The van der Waals surface area contributed by atoms with Crippen LogP contribution in [0.25, 0.3) is 0 Å². The van der Waals surface area contributed by atoms with Crippen LogP contribution in [0.2, 0.25) is 0 Å². The Bertz CT molecular complexity index is 493. The zero-order valence-electron chi connectivity index (χ0n) is 10.9. The van der Waals surface area contributed by atoms with E-state index in [-0.39, 0.29) is 19.2 Å². The van der Waals surface area contributed by atoms with E-state index in [2.05, 4.69) is 9.97 Å². The maximum atomic E-state index is 12.2. The molecular formula is C12H14F3N3O2. The first-order valence-corrected chi connectivity index (χ1v) is 6.14. The Hall–Kier alpha value is -1.86. The molecule has 1 saturated heterocycles. The molecule has 1 aromatic rings. The van der Waals surface area contributed by atoms with Crippen LogP contribution in [-0.2, 0) is 4.79 Å². The molecule has 20 heavy (non-hydrogen) atoms. The van der Waals surface area contributed by atoms with Crippen molar-refractivity contribution in [2.45, 2.75) is 32.0 Å². The Morgan fingerprint density at radius 3 is 2.95 bits per heavy atom. The highest BCUT2D eigenvalue weighted by Crippen LogP contribution is 2.23. The van der Waals surface area contributed by atoms with E-state index in [1.165, 1.54) is 4.90 Å². The number of likely N-dealkylation sites (tertiary alicyclic amines) is 1. The average molecular weight is 289 g/mol. The van der Waals surface area contributed by atoms with Crippen LogP contribution in [0.4, 0.5) is 13.2 Å². The van der Waals surface area contributed by atoms with Crippen LogP contribution in [0.5, 0.6) is 5.88 Å². The number of rotatable bonds is 3. The molecule has 1 amide bonds. The van der Waals surface area contributed by atoms with Crippen LogP contribution in [0, 0.1) is 6.92 Å². The van der Waals surface area contributed by atoms with E-state index in [0.717, 1.165) is 0 Å². The van der Waals surface area contributed by atoms with Crippen molar-refractivity contribution in [1.29, 1.82) is 0 Å². The van der Waals surface area contributed by atoms with E-state index >= 15 is 0 Å². The Kier molecular flexibility index (Phi) is 4.10. The van der Waals surface area contributed by atoms with Crippen molar-refractivity contribution in [2.75, 3.05) is 13.1 Å². The molecule has 1 aliphatic rings. The molecule has 5 nitrogen and oxygen atoms in total. The Labute approximate surface area is 113 Å². The first-order valence-electron chi connectivity index (χ1n) is 6.14. The smallest absolute Gasteiger partial charge is 0.397 e. The van der Waals surface area contributed by atoms with Crippen molar-refractivity contribution in [3.8, 4) is 5.88 Å². The van der Waals surface area contributed by atoms with Gasteiger partial charge in [-0.3, -0.25) is 4.79 Å². The van der Waals surface area contributed by atoms with E-state index in [0.29, 0.717) is 18.1 Å². The fourth-order valence-corrected chi connectivity index (χ4v) is 2.01. The van der Waals surface area contributed by atoms with Gasteiger partial charge in [-0.2, -0.15) is 18.2 Å². The van der Waals surface area contributed by atoms with Crippen molar-refractivity contribution in [2.24, 2.45) is 0 Å². The van der Waals surface area contributed by atoms with Crippen LogP contribution in [0.1, 0.15) is 18.7 Å². The average Bonchev–Trinajstić information content (AvgIpc) is 2.75. The monoisotopic (exact) mass is 289 g/mol. The van der Waals surface area contributed by atoms with E-state index < -0.39 is 18.5 Å². The third kappa shape index (κ3) is 4.07. The highest BCUT2D eigenvalue weighted by atomic mass is 19.4. The molecule has 1 atom stereocenters. The zero-order chi connectivity index (χ0) is 14.8. The van der Waals surface area contributed by atoms with Crippen LogP contribution in [0.15, 0.2) is 12.3 Å².